The molecule has 0 heterocycles. The number of rotatable bonds is 7. The summed E-state index contributed by atoms with van der Waals surface area (Å²) in [5, 5.41) is 9.74. The fourth-order valence-corrected chi connectivity index (χ4v) is 3.16. The molecule has 0 saturated carbocycles. The SMILES string of the molecule is CC=CC(C)(NO)C(C)C(C)N(c1ccccc1)c1ccccc1. The number of benzene rings is 2. The monoisotopic (exact) mass is 324 g/mol. The molecule has 0 aliphatic heterocycles. The van der Waals surface area contributed by atoms with Gasteiger partial charge in [-0.3, -0.25) is 0 Å². The van der Waals surface area contributed by atoms with E-state index in [-0.39, 0.29) is 12.0 Å². The third kappa shape index (κ3) is 3.86. The molecule has 24 heavy (non-hydrogen) atoms. The molecule has 2 aromatic carbocycles. The van der Waals surface area contributed by atoms with Crippen molar-refractivity contribution >= 4 is 11.4 Å². The van der Waals surface area contributed by atoms with Crippen LogP contribution in [0.5, 0.6) is 0 Å². The van der Waals surface area contributed by atoms with Crippen molar-refractivity contribution in [1.82, 2.24) is 5.48 Å². The zero-order valence-corrected chi connectivity index (χ0v) is 15.0. The second-order valence-corrected chi connectivity index (χ2v) is 6.46. The Bertz CT molecular complexity index is 602. The first-order valence-electron chi connectivity index (χ1n) is 8.48. The van der Waals surface area contributed by atoms with E-state index in [1.54, 1.807) is 0 Å². The van der Waals surface area contributed by atoms with Crippen LogP contribution in [0.1, 0.15) is 27.7 Å². The van der Waals surface area contributed by atoms with E-state index < -0.39 is 5.54 Å². The van der Waals surface area contributed by atoms with E-state index >= 15 is 0 Å². The second-order valence-electron chi connectivity index (χ2n) is 6.46. The van der Waals surface area contributed by atoms with Gasteiger partial charge in [0.05, 0.1) is 5.54 Å². The molecule has 0 saturated heterocycles. The number of nitrogens with one attached hydrogen (secondary N) is 1. The van der Waals surface area contributed by atoms with E-state index in [0.29, 0.717) is 0 Å². The van der Waals surface area contributed by atoms with Crippen molar-refractivity contribution in [2.75, 3.05) is 4.90 Å². The Morgan fingerprint density at radius 2 is 1.42 bits per heavy atom. The highest BCUT2D eigenvalue weighted by molar-refractivity contribution is 5.64. The highest BCUT2D eigenvalue weighted by Crippen LogP contribution is 2.34. The number of para-hydroxylation sites is 2. The molecular formula is C21H28N2O. The average Bonchev–Trinajstić information content (AvgIpc) is 2.63. The predicted molar refractivity (Wildman–Crippen MR) is 102 cm³/mol. The van der Waals surface area contributed by atoms with Crippen molar-refractivity contribution < 1.29 is 5.21 Å². The van der Waals surface area contributed by atoms with Crippen LogP contribution in [0.25, 0.3) is 0 Å². The highest BCUT2D eigenvalue weighted by atomic mass is 16.5. The molecule has 128 valence electrons. The van der Waals surface area contributed by atoms with Crippen LogP contribution in [-0.4, -0.2) is 16.8 Å². The third-order valence-corrected chi connectivity index (χ3v) is 4.90. The summed E-state index contributed by atoms with van der Waals surface area (Å²) >= 11 is 0. The van der Waals surface area contributed by atoms with Gasteiger partial charge >= 0.3 is 0 Å². The molecule has 2 N–H and O–H groups in total. The minimum absolute atomic E-state index is 0.152. The van der Waals surface area contributed by atoms with Crippen molar-refractivity contribution in [1.29, 1.82) is 0 Å². The molecule has 3 unspecified atom stereocenters. The van der Waals surface area contributed by atoms with E-state index in [1.807, 2.05) is 38.1 Å². The predicted octanol–water partition coefficient (Wildman–Crippen LogP) is 5.16. The molecule has 3 nitrogen and oxygen atoms in total. The molecule has 0 fully saturated rings. The first-order valence-corrected chi connectivity index (χ1v) is 8.48. The second kappa shape index (κ2) is 8.13. The van der Waals surface area contributed by atoms with Crippen LogP contribution in [0.4, 0.5) is 11.4 Å². The molecular weight excluding hydrogens is 296 g/mol. The van der Waals surface area contributed by atoms with Crippen LogP contribution < -0.4 is 10.4 Å². The molecule has 0 bridgehead atoms. The number of nitrogens with zero attached hydrogens (tertiary/aromatic N) is 1. The number of allylic oxidation sites excluding steroid dienone is 1. The van der Waals surface area contributed by atoms with Crippen LogP contribution >= 0.6 is 0 Å². The summed E-state index contributed by atoms with van der Waals surface area (Å²) in [6, 6.07) is 20.9. The van der Waals surface area contributed by atoms with Crippen LogP contribution in [0, 0.1) is 5.92 Å². The van der Waals surface area contributed by atoms with Gasteiger partial charge in [-0.05, 0) is 45.0 Å². The van der Waals surface area contributed by atoms with Crippen molar-refractivity contribution in [3.8, 4) is 0 Å². The number of hydrogen-bond donors (Lipinski definition) is 2. The minimum atomic E-state index is -0.504. The smallest absolute Gasteiger partial charge is 0.0626 e. The Kier molecular flexibility index (Phi) is 6.18. The summed E-state index contributed by atoms with van der Waals surface area (Å²) in [5.74, 6) is 0.152. The molecule has 2 aromatic rings. The van der Waals surface area contributed by atoms with E-state index in [2.05, 4.69) is 72.8 Å². The summed E-state index contributed by atoms with van der Waals surface area (Å²) in [6.07, 6.45) is 3.99. The largest absolute Gasteiger partial charge is 0.338 e. The molecule has 0 aliphatic carbocycles. The lowest BCUT2D eigenvalue weighted by Crippen LogP contribution is -2.52. The lowest BCUT2D eigenvalue weighted by atomic mass is 9.81. The van der Waals surface area contributed by atoms with Crippen LogP contribution in [0.15, 0.2) is 72.8 Å². The molecule has 0 radical (unpaired) electrons. The Morgan fingerprint density at radius 3 is 1.79 bits per heavy atom. The van der Waals surface area contributed by atoms with Crippen molar-refractivity contribution in [3.63, 3.8) is 0 Å². The number of hydrogen-bond acceptors (Lipinski definition) is 3. The van der Waals surface area contributed by atoms with Gasteiger partial charge in [0.1, 0.15) is 0 Å². The topological polar surface area (TPSA) is 35.5 Å². The van der Waals surface area contributed by atoms with Crippen LogP contribution in [-0.2, 0) is 0 Å². The molecule has 0 aromatic heterocycles. The Balaban J connectivity index is 2.44. The average molecular weight is 324 g/mol. The van der Waals surface area contributed by atoms with Gasteiger partial charge in [0.2, 0.25) is 0 Å². The zero-order chi connectivity index (χ0) is 17.6. The van der Waals surface area contributed by atoms with Crippen molar-refractivity contribution in [2.45, 2.75) is 39.3 Å². The Hall–Kier alpha value is -2.10. The molecule has 0 aliphatic rings. The Labute approximate surface area is 145 Å². The van der Waals surface area contributed by atoms with Gasteiger partial charge in [-0.2, -0.15) is 5.48 Å². The van der Waals surface area contributed by atoms with Crippen LogP contribution in [0.3, 0.4) is 0 Å². The quantitative estimate of drug-likeness (QED) is 0.545. The highest BCUT2D eigenvalue weighted by Gasteiger charge is 2.35. The molecule has 3 heteroatoms. The number of hydroxylamine groups is 1. The maximum Gasteiger partial charge on any atom is 0.0626 e. The van der Waals surface area contributed by atoms with Crippen LogP contribution in [0.2, 0.25) is 0 Å². The van der Waals surface area contributed by atoms with E-state index in [0.717, 1.165) is 11.4 Å². The molecule has 0 amide bonds. The standard InChI is InChI=1S/C21H28N2O/c1-5-16-21(4,22-24)17(2)18(3)23(19-12-8-6-9-13-19)20-14-10-7-11-15-20/h5-18,22,24H,1-4H3. The summed E-state index contributed by atoms with van der Waals surface area (Å²) in [4.78, 5) is 2.32. The normalized spacial score (nSPS) is 16.5. The van der Waals surface area contributed by atoms with Gasteiger partial charge < -0.3 is 10.1 Å². The first-order chi connectivity index (χ1) is 11.5. The maximum atomic E-state index is 9.74. The van der Waals surface area contributed by atoms with Gasteiger partial charge in [-0.15, -0.1) is 0 Å². The van der Waals surface area contributed by atoms with Gasteiger partial charge in [0.15, 0.2) is 0 Å². The summed E-state index contributed by atoms with van der Waals surface area (Å²) in [7, 11) is 0. The first kappa shape index (κ1) is 18.2. The van der Waals surface area contributed by atoms with E-state index in [4.69, 9.17) is 0 Å². The van der Waals surface area contributed by atoms with Crippen molar-refractivity contribution in [2.24, 2.45) is 5.92 Å². The lowest BCUT2D eigenvalue weighted by Gasteiger charge is -2.42. The molecule has 3 atom stereocenters. The number of anilines is 2. The van der Waals surface area contributed by atoms with Gasteiger partial charge in [0, 0.05) is 23.3 Å². The van der Waals surface area contributed by atoms with E-state index in [1.165, 1.54) is 0 Å². The summed E-state index contributed by atoms with van der Waals surface area (Å²) < 4.78 is 0. The maximum absolute atomic E-state index is 9.74. The fraction of sp³-hybridized carbons (Fsp3) is 0.333. The summed E-state index contributed by atoms with van der Waals surface area (Å²) in [6.45, 7) is 8.35. The summed E-state index contributed by atoms with van der Waals surface area (Å²) in [5.41, 5.74) is 4.29. The fourth-order valence-electron chi connectivity index (χ4n) is 3.16. The minimum Gasteiger partial charge on any atom is -0.338 e. The molecule has 0 spiro atoms. The Morgan fingerprint density at radius 1 is 0.958 bits per heavy atom. The zero-order valence-electron chi connectivity index (χ0n) is 15.0. The third-order valence-electron chi connectivity index (χ3n) is 4.90. The molecule has 2 rings (SSSR count). The van der Waals surface area contributed by atoms with Gasteiger partial charge in [0.25, 0.3) is 0 Å². The van der Waals surface area contributed by atoms with Gasteiger partial charge in [-0.25, -0.2) is 0 Å². The lowest BCUT2D eigenvalue weighted by molar-refractivity contribution is 0.0614. The van der Waals surface area contributed by atoms with Gasteiger partial charge in [-0.1, -0.05) is 55.5 Å². The van der Waals surface area contributed by atoms with E-state index in [9.17, 15) is 5.21 Å². The van der Waals surface area contributed by atoms with Crippen molar-refractivity contribution in [3.05, 3.63) is 72.8 Å².